The van der Waals surface area contributed by atoms with E-state index in [0.29, 0.717) is 38.2 Å². The van der Waals surface area contributed by atoms with E-state index in [0.717, 1.165) is 17.2 Å². The van der Waals surface area contributed by atoms with E-state index < -0.39 is 35.0 Å². The number of amides is 1. The minimum Gasteiger partial charge on any atom is -0.477 e. The second-order valence-electron chi connectivity index (χ2n) is 8.72. The Morgan fingerprint density at radius 3 is 2.81 bits per heavy atom. The van der Waals surface area contributed by atoms with E-state index in [1.807, 2.05) is 18.2 Å². The summed E-state index contributed by atoms with van der Waals surface area (Å²) in [4.78, 5) is 43.9. The molecule has 1 fully saturated rings. The maximum Gasteiger partial charge on any atom is 0.415 e. The Kier molecular flexibility index (Phi) is 5.80. The molecule has 3 aromatic rings. The van der Waals surface area contributed by atoms with E-state index in [2.05, 4.69) is 4.98 Å². The number of carbonyl (C=O) groups is 2. The fourth-order valence-corrected chi connectivity index (χ4v) is 4.73. The minimum absolute atomic E-state index is 0.0777. The van der Waals surface area contributed by atoms with Gasteiger partial charge in [0.2, 0.25) is 11.5 Å². The summed E-state index contributed by atoms with van der Waals surface area (Å²) >= 11 is 0. The van der Waals surface area contributed by atoms with E-state index in [1.165, 1.54) is 15.7 Å². The molecular weight excluding hydrogens is 469 g/mol. The van der Waals surface area contributed by atoms with E-state index in [4.69, 9.17) is 10.00 Å². The lowest BCUT2D eigenvalue weighted by molar-refractivity contribution is 0.0694. The Morgan fingerprint density at radius 2 is 2.11 bits per heavy atom. The molecule has 1 aromatic carbocycles. The molecule has 0 spiro atoms. The van der Waals surface area contributed by atoms with Crippen LogP contribution in [0, 0.1) is 17.1 Å². The number of halogens is 1. The number of aromatic nitrogens is 2. The average molecular weight is 491 g/mol. The molecule has 1 unspecified atom stereocenters. The molecule has 0 saturated carbocycles. The summed E-state index contributed by atoms with van der Waals surface area (Å²) < 4.78 is 21.8. The fourth-order valence-electron chi connectivity index (χ4n) is 4.73. The van der Waals surface area contributed by atoms with Gasteiger partial charge in [0.1, 0.15) is 17.3 Å². The minimum atomic E-state index is -1.37. The van der Waals surface area contributed by atoms with Crippen molar-refractivity contribution in [2.24, 2.45) is 0 Å². The lowest BCUT2D eigenvalue weighted by atomic mass is 10.0. The molecule has 1 amide bonds. The number of hydrogen-bond donors (Lipinski definition) is 1. The fraction of sp³-hybridized carbons (Fsp3) is 0.320. The van der Waals surface area contributed by atoms with E-state index >= 15 is 4.39 Å². The average Bonchev–Trinajstić information content (AvgIpc) is 3.11. The lowest BCUT2D eigenvalue weighted by Gasteiger charge is -2.24. The van der Waals surface area contributed by atoms with Gasteiger partial charge in [0.05, 0.1) is 11.9 Å². The second-order valence-corrected chi connectivity index (χ2v) is 8.72. The number of fused-ring (bicyclic) bond motifs is 2. The normalized spacial score (nSPS) is 17.5. The number of pyridine rings is 2. The Hall–Kier alpha value is -4.46. The number of aromatic carboxylic acids is 1. The van der Waals surface area contributed by atoms with Gasteiger partial charge in [0.15, 0.2) is 11.6 Å². The van der Waals surface area contributed by atoms with Crippen LogP contribution in [-0.4, -0.2) is 45.9 Å². The standard InChI is InChI=1S/C25H22FN5O5/c1-2-29-13-19(24(33)34)21(32)18-9-20(26)23(28-22(18)29)30-7-3-4-14-8-16(6-5-15(14)11-30)31-12-17(10-27)36-25(31)35/h5-6,8-9,13,17H,2-4,7,11-12H2,1H3,(H,33,34). The number of nitrogens with zero attached hydrogens (tertiary/aromatic N) is 5. The molecule has 11 heteroatoms. The van der Waals surface area contributed by atoms with Crippen molar-refractivity contribution in [3.8, 4) is 6.07 Å². The SMILES string of the molecule is CCn1cc(C(=O)O)c(=O)c2cc(F)c(N3CCCc4cc(N5CC(C#N)OC5=O)ccc4C3)nc21. The largest absolute Gasteiger partial charge is 0.477 e. The summed E-state index contributed by atoms with van der Waals surface area (Å²) in [6.45, 7) is 3.17. The van der Waals surface area contributed by atoms with Gasteiger partial charge < -0.3 is 19.3 Å². The third kappa shape index (κ3) is 3.90. The maximum atomic E-state index is 15.3. The number of nitriles is 1. The van der Waals surface area contributed by atoms with Crippen LogP contribution in [0.5, 0.6) is 0 Å². The molecule has 184 valence electrons. The third-order valence-electron chi connectivity index (χ3n) is 6.55. The molecule has 2 aliphatic rings. The number of aryl methyl sites for hydroxylation is 2. The van der Waals surface area contributed by atoms with Crippen molar-refractivity contribution in [1.82, 2.24) is 9.55 Å². The van der Waals surface area contributed by atoms with Gasteiger partial charge >= 0.3 is 12.1 Å². The van der Waals surface area contributed by atoms with Crippen LogP contribution >= 0.6 is 0 Å². The van der Waals surface area contributed by atoms with Crippen LogP contribution in [-0.2, 0) is 24.2 Å². The Bertz CT molecular complexity index is 1510. The molecule has 36 heavy (non-hydrogen) atoms. The predicted molar refractivity (Wildman–Crippen MR) is 128 cm³/mol. The zero-order valence-electron chi connectivity index (χ0n) is 19.4. The van der Waals surface area contributed by atoms with Crippen molar-refractivity contribution in [3.05, 3.63) is 63.2 Å². The van der Waals surface area contributed by atoms with E-state index in [1.54, 1.807) is 17.9 Å². The van der Waals surface area contributed by atoms with Gasteiger partial charge in [-0.25, -0.2) is 19.0 Å². The van der Waals surface area contributed by atoms with Crippen LogP contribution in [0.3, 0.4) is 0 Å². The van der Waals surface area contributed by atoms with Gasteiger partial charge in [-0.15, -0.1) is 0 Å². The Balaban J connectivity index is 1.50. The number of carboxylic acids is 1. The van der Waals surface area contributed by atoms with Gasteiger partial charge in [-0.1, -0.05) is 6.07 Å². The first kappa shape index (κ1) is 23.3. The molecule has 2 aliphatic heterocycles. The van der Waals surface area contributed by atoms with Gasteiger partial charge in [-0.3, -0.25) is 9.69 Å². The summed E-state index contributed by atoms with van der Waals surface area (Å²) in [7, 11) is 0. The number of anilines is 2. The summed E-state index contributed by atoms with van der Waals surface area (Å²) in [6.07, 6.45) is 1.26. The zero-order chi connectivity index (χ0) is 25.6. The van der Waals surface area contributed by atoms with Crippen LogP contribution in [0.25, 0.3) is 11.0 Å². The second kappa shape index (κ2) is 8.96. The summed E-state index contributed by atoms with van der Waals surface area (Å²) in [5, 5.41) is 18.3. The Morgan fingerprint density at radius 1 is 1.31 bits per heavy atom. The first-order chi connectivity index (χ1) is 17.3. The molecule has 1 N–H and O–H groups in total. The first-order valence-corrected chi connectivity index (χ1v) is 11.5. The summed E-state index contributed by atoms with van der Waals surface area (Å²) in [5.74, 6) is -1.99. The highest BCUT2D eigenvalue weighted by molar-refractivity contribution is 5.92. The van der Waals surface area contributed by atoms with Crippen molar-refractivity contribution in [1.29, 1.82) is 5.26 Å². The molecule has 1 atom stereocenters. The first-order valence-electron chi connectivity index (χ1n) is 11.5. The van der Waals surface area contributed by atoms with Crippen molar-refractivity contribution in [3.63, 3.8) is 0 Å². The highest BCUT2D eigenvalue weighted by atomic mass is 19.1. The highest BCUT2D eigenvalue weighted by Crippen LogP contribution is 2.30. The van der Waals surface area contributed by atoms with Crippen molar-refractivity contribution < 1.29 is 23.8 Å². The number of carbonyl (C=O) groups excluding carboxylic acids is 1. The van der Waals surface area contributed by atoms with Crippen molar-refractivity contribution in [2.45, 2.75) is 39.0 Å². The molecule has 10 nitrogen and oxygen atoms in total. The molecule has 2 aromatic heterocycles. The van der Waals surface area contributed by atoms with Crippen molar-refractivity contribution in [2.75, 3.05) is 22.9 Å². The quantitative estimate of drug-likeness (QED) is 0.590. The Labute approximate surface area is 204 Å². The number of carboxylic acid groups (broad SMARTS) is 1. The van der Waals surface area contributed by atoms with Crippen LogP contribution in [0.1, 0.15) is 34.8 Å². The summed E-state index contributed by atoms with van der Waals surface area (Å²) in [6, 6.07) is 8.55. The number of ether oxygens (including phenoxy) is 1. The molecule has 5 rings (SSSR count). The number of benzene rings is 1. The van der Waals surface area contributed by atoms with Crippen LogP contribution in [0.4, 0.5) is 20.7 Å². The molecule has 1 saturated heterocycles. The van der Waals surface area contributed by atoms with Gasteiger partial charge in [0.25, 0.3) is 0 Å². The molecule has 0 bridgehead atoms. The lowest BCUT2D eigenvalue weighted by Crippen LogP contribution is -2.26. The maximum absolute atomic E-state index is 15.3. The highest BCUT2D eigenvalue weighted by Gasteiger charge is 2.33. The van der Waals surface area contributed by atoms with Crippen LogP contribution < -0.4 is 15.2 Å². The molecule has 0 aliphatic carbocycles. The monoisotopic (exact) mass is 491 g/mol. The topological polar surface area (TPSA) is 129 Å². The summed E-state index contributed by atoms with van der Waals surface area (Å²) in [5.41, 5.74) is 1.61. The predicted octanol–water partition coefficient (Wildman–Crippen LogP) is 3.06. The molecule has 0 radical (unpaired) electrons. The zero-order valence-corrected chi connectivity index (χ0v) is 19.4. The number of cyclic esters (lactones) is 1. The number of rotatable bonds is 4. The smallest absolute Gasteiger partial charge is 0.415 e. The van der Waals surface area contributed by atoms with E-state index in [-0.39, 0.29) is 23.4 Å². The van der Waals surface area contributed by atoms with Crippen molar-refractivity contribution >= 4 is 34.6 Å². The van der Waals surface area contributed by atoms with Gasteiger partial charge in [-0.2, -0.15) is 5.26 Å². The third-order valence-corrected chi connectivity index (χ3v) is 6.55. The van der Waals surface area contributed by atoms with E-state index in [9.17, 15) is 19.5 Å². The number of hydrogen-bond acceptors (Lipinski definition) is 7. The van der Waals surface area contributed by atoms with Crippen LogP contribution in [0.2, 0.25) is 0 Å². The molecule has 4 heterocycles. The van der Waals surface area contributed by atoms with Gasteiger partial charge in [0, 0.05) is 31.5 Å². The van der Waals surface area contributed by atoms with Gasteiger partial charge in [-0.05, 0) is 49.1 Å². The molecular formula is C25H22FN5O5. The van der Waals surface area contributed by atoms with Crippen LogP contribution in [0.15, 0.2) is 35.3 Å².